The smallest absolute Gasteiger partial charge is 0.136 e. The zero-order chi connectivity index (χ0) is 34.1. The van der Waals surface area contributed by atoms with Crippen LogP contribution in [0.5, 0.6) is 0 Å². The third-order valence-corrected chi connectivity index (χ3v) is 10.9. The van der Waals surface area contributed by atoms with E-state index in [2.05, 4.69) is 189 Å². The molecule has 10 rings (SSSR count). The molecular formula is C49H35NO. The summed E-state index contributed by atoms with van der Waals surface area (Å²) < 4.78 is 6.35. The molecule has 0 spiro atoms. The first-order valence-electron chi connectivity index (χ1n) is 17.7. The van der Waals surface area contributed by atoms with Crippen molar-refractivity contribution in [3.05, 3.63) is 187 Å². The van der Waals surface area contributed by atoms with Gasteiger partial charge in [-0.05, 0) is 80.7 Å². The first kappa shape index (κ1) is 29.5. The lowest BCUT2D eigenvalue weighted by Gasteiger charge is -2.29. The average molecular weight is 654 g/mol. The first-order valence-corrected chi connectivity index (χ1v) is 17.7. The highest BCUT2D eigenvalue weighted by Crippen LogP contribution is 2.52. The van der Waals surface area contributed by atoms with E-state index < -0.39 is 0 Å². The number of anilines is 3. The number of hydrogen-bond donors (Lipinski definition) is 0. The Balaban J connectivity index is 1.18. The Hall–Kier alpha value is -6.38. The maximum atomic E-state index is 6.35. The molecule has 2 nitrogen and oxygen atoms in total. The predicted molar refractivity (Wildman–Crippen MR) is 214 cm³/mol. The van der Waals surface area contributed by atoms with Gasteiger partial charge in [-0.2, -0.15) is 0 Å². The van der Waals surface area contributed by atoms with Crippen LogP contribution in [0, 0.1) is 0 Å². The van der Waals surface area contributed by atoms with E-state index in [-0.39, 0.29) is 5.41 Å². The summed E-state index contributed by atoms with van der Waals surface area (Å²) in [4.78, 5) is 2.43. The molecule has 1 heterocycles. The summed E-state index contributed by atoms with van der Waals surface area (Å²) in [5, 5.41) is 4.67. The molecule has 51 heavy (non-hydrogen) atoms. The second-order valence-electron chi connectivity index (χ2n) is 14.1. The monoisotopic (exact) mass is 653 g/mol. The van der Waals surface area contributed by atoms with Gasteiger partial charge in [0.2, 0.25) is 0 Å². The van der Waals surface area contributed by atoms with Crippen LogP contribution in [0.25, 0.3) is 66.1 Å². The summed E-state index contributed by atoms with van der Waals surface area (Å²) in [7, 11) is 0. The third-order valence-electron chi connectivity index (χ3n) is 10.9. The average Bonchev–Trinajstić information content (AvgIpc) is 3.68. The lowest BCUT2D eigenvalue weighted by molar-refractivity contribution is 0.662. The SMILES string of the molecule is CC1(C)c2ccccc2-c2cccc(-c3ccc(N(c4ccccc4-c4cccc5oc6ccccc6c45)c4cccc5ccccc45)cc3)c21. The zero-order valence-corrected chi connectivity index (χ0v) is 28.6. The Morgan fingerprint density at radius 2 is 1.02 bits per heavy atom. The third kappa shape index (κ3) is 4.50. The molecule has 0 aliphatic heterocycles. The van der Waals surface area contributed by atoms with Crippen molar-refractivity contribution in [1.82, 2.24) is 0 Å². The Kier molecular flexibility index (Phi) is 6.56. The number of rotatable bonds is 5. The Morgan fingerprint density at radius 1 is 0.431 bits per heavy atom. The van der Waals surface area contributed by atoms with Crippen LogP contribution >= 0.6 is 0 Å². The van der Waals surface area contributed by atoms with Gasteiger partial charge in [-0.1, -0.05) is 153 Å². The lowest BCUT2D eigenvalue weighted by atomic mass is 9.79. The van der Waals surface area contributed by atoms with Gasteiger partial charge < -0.3 is 9.32 Å². The molecule has 242 valence electrons. The van der Waals surface area contributed by atoms with E-state index in [0.717, 1.165) is 50.1 Å². The highest BCUT2D eigenvalue weighted by molar-refractivity contribution is 6.14. The van der Waals surface area contributed by atoms with Crippen LogP contribution in [0.4, 0.5) is 17.1 Å². The summed E-state index contributed by atoms with van der Waals surface area (Å²) >= 11 is 0. The van der Waals surface area contributed by atoms with Crippen molar-refractivity contribution in [3.8, 4) is 33.4 Å². The van der Waals surface area contributed by atoms with Gasteiger partial charge in [0.15, 0.2) is 0 Å². The van der Waals surface area contributed by atoms with Crippen molar-refractivity contribution >= 4 is 49.8 Å². The molecule has 0 radical (unpaired) electrons. The molecule has 1 aliphatic carbocycles. The van der Waals surface area contributed by atoms with Crippen LogP contribution < -0.4 is 4.90 Å². The molecule has 1 aliphatic rings. The molecule has 0 saturated heterocycles. The molecule has 9 aromatic rings. The van der Waals surface area contributed by atoms with Crippen LogP contribution in [-0.2, 0) is 5.41 Å². The van der Waals surface area contributed by atoms with Crippen molar-refractivity contribution in [1.29, 1.82) is 0 Å². The molecule has 0 N–H and O–H groups in total. The van der Waals surface area contributed by atoms with Gasteiger partial charge in [-0.25, -0.2) is 0 Å². The first-order chi connectivity index (χ1) is 25.1. The minimum atomic E-state index is -0.0899. The molecule has 0 atom stereocenters. The van der Waals surface area contributed by atoms with Crippen molar-refractivity contribution < 1.29 is 4.42 Å². The highest BCUT2D eigenvalue weighted by atomic mass is 16.3. The van der Waals surface area contributed by atoms with Crippen LogP contribution in [0.3, 0.4) is 0 Å². The molecular weight excluding hydrogens is 619 g/mol. The molecule has 0 fully saturated rings. The molecule has 0 saturated carbocycles. The van der Waals surface area contributed by atoms with Gasteiger partial charge in [0.1, 0.15) is 11.2 Å². The lowest BCUT2D eigenvalue weighted by Crippen LogP contribution is -2.16. The summed E-state index contributed by atoms with van der Waals surface area (Å²) in [5.74, 6) is 0. The molecule has 2 heteroatoms. The van der Waals surface area contributed by atoms with E-state index in [1.165, 1.54) is 44.2 Å². The van der Waals surface area contributed by atoms with Gasteiger partial charge in [-0.3, -0.25) is 0 Å². The van der Waals surface area contributed by atoms with Crippen molar-refractivity contribution in [3.63, 3.8) is 0 Å². The fraction of sp³-hybridized carbons (Fsp3) is 0.0612. The van der Waals surface area contributed by atoms with Gasteiger partial charge in [-0.15, -0.1) is 0 Å². The normalized spacial score (nSPS) is 13.1. The minimum absolute atomic E-state index is 0.0899. The quantitative estimate of drug-likeness (QED) is 0.184. The maximum absolute atomic E-state index is 6.35. The van der Waals surface area contributed by atoms with Gasteiger partial charge >= 0.3 is 0 Å². The topological polar surface area (TPSA) is 16.4 Å². The standard InChI is InChI=1S/C49H35NO/c1-49(2)42-23-8-5-17-37(42)40-22-12-20-36(48(40)49)33-28-30-34(31-29-33)50(43-25-11-15-32-14-3-4-16-35(32)43)44-24-9-6-18-38(44)39-21-13-27-46-47(39)41-19-7-10-26-45(41)51-46/h3-31H,1-2H3. The van der Waals surface area contributed by atoms with Crippen molar-refractivity contribution in [2.24, 2.45) is 0 Å². The number of hydrogen-bond acceptors (Lipinski definition) is 2. The Morgan fingerprint density at radius 3 is 1.90 bits per heavy atom. The van der Waals surface area contributed by atoms with Crippen LogP contribution in [0.2, 0.25) is 0 Å². The van der Waals surface area contributed by atoms with E-state index in [1.807, 2.05) is 6.07 Å². The van der Waals surface area contributed by atoms with Gasteiger partial charge in [0, 0.05) is 32.8 Å². The number of nitrogens with zero attached hydrogens (tertiary/aromatic N) is 1. The second-order valence-corrected chi connectivity index (χ2v) is 14.1. The van der Waals surface area contributed by atoms with E-state index >= 15 is 0 Å². The summed E-state index contributed by atoms with van der Waals surface area (Å²) in [5.41, 5.74) is 15.3. The van der Waals surface area contributed by atoms with Gasteiger partial charge in [0.25, 0.3) is 0 Å². The van der Waals surface area contributed by atoms with E-state index in [0.29, 0.717) is 0 Å². The molecule has 0 amide bonds. The minimum Gasteiger partial charge on any atom is -0.456 e. The zero-order valence-electron chi connectivity index (χ0n) is 28.6. The van der Waals surface area contributed by atoms with Crippen molar-refractivity contribution in [2.45, 2.75) is 19.3 Å². The fourth-order valence-corrected chi connectivity index (χ4v) is 8.59. The van der Waals surface area contributed by atoms with Crippen molar-refractivity contribution in [2.75, 3.05) is 4.90 Å². The van der Waals surface area contributed by atoms with E-state index in [1.54, 1.807) is 0 Å². The number of furan rings is 1. The number of fused-ring (bicyclic) bond motifs is 7. The number of para-hydroxylation sites is 2. The maximum Gasteiger partial charge on any atom is 0.136 e. The van der Waals surface area contributed by atoms with Gasteiger partial charge in [0.05, 0.1) is 11.4 Å². The molecule has 0 bridgehead atoms. The summed E-state index contributed by atoms with van der Waals surface area (Å²) in [6, 6.07) is 63.6. The predicted octanol–water partition coefficient (Wildman–Crippen LogP) is 13.8. The molecule has 8 aromatic carbocycles. The molecule has 1 aromatic heterocycles. The number of benzene rings is 8. The fourth-order valence-electron chi connectivity index (χ4n) is 8.59. The van der Waals surface area contributed by atoms with Crippen LogP contribution in [0.15, 0.2) is 180 Å². The largest absolute Gasteiger partial charge is 0.456 e. The van der Waals surface area contributed by atoms with E-state index in [4.69, 9.17) is 4.42 Å². The highest BCUT2D eigenvalue weighted by Gasteiger charge is 2.37. The summed E-state index contributed by atoms with van der Waals surface area (Å²) in [6.45, 7) is 4.72. The second kappa shape index (κ2) is 11.3. The van der Waals surface area contributed by atoms with Crippen LogP contribution in [-0.4, -0.2) is 0 Å². The van der Waals surface area contributed by atoms with Crippen LogP contribution in [0.1, 0.15) is 25.0 Å². The van der Waals surface area contributed by atoms with E-state index in [9.17, 15) is 0 Å². The molecule has 0 unspecified atom stereocenters. The summed E-state index contributed by atoms with van der Waals surface area (Å²) in [6.07, 6.45) is 0. The Bertz CT molecular complexity index is 2780. The Labute approximate surface area is 297 Å².